The zero-order chi connectivity index (χ0) is 22.3. The molecule has 0 aliphatic rings. The van der Waals surface area contributed by atoms with E-state index in [1.54, 1.807) is 11.3 Å². The predicted octanol–water partition coefficient (Wildman–Crippen LogP) is 8.00. The van der Waals surface area contributed by atoms with Gasteiger partial charge in [0.15, 0.2) is 0 Å². The van der Waals surface area contributed by atoms with Crippen LogP contribution in [0.2, 0.25) is 0 Å². The summed E-state index contributed by atoms with van der Waals surface area (Å²) in [5.41, 5.74) is 4.22. The van der Waals surface area contributed by atoms with Gasteiger partial charge in [-0.05, 0) is 70.6 Å². The smallest absolute Gasteiger partial charge is 0.119 e. The highest BCUT2D eigenvalue weighted by atomic mass is 32.1. The van der Waals surface area contributed by atoms with Gasteiger partial charge in [-0.15, -0.1) is 0 Å². The molecular weight excluding hydrogens is 414 g/mol. The molecule has 32 heavy (non-hydrogen) atoms. The molecule has 0 N–H and O–H groups in total. The van der Waals surface area contributed by atoms with Gasteiger partial charge in [-0.25, -0.2) is 0 Å². The minimum Gasteiger partial charge on any atom is -0.494 e. The van der Waals surface area contributed by atoms with Crippen LogP contribution in [0, 0.1) is 11.3 Å². The van der Waals surface area contributed by atoms with Crippen LogP contribution in [0.1, 0.15) is 62.5 Å². The third-order valence-electron chi connectivity index (χ3n) is 5.50. The summed E-state index contributed by atoms with van der Waals surface area (Å²) < 4.78 is 11.6. The Balaban J connectivity index is 1.15. The van der Waals surface area contributed by atoms with Crippen molar-refractivity contribution in [1.29, 1.82) is 5.26 Å². The lowest BCUT2D eigenvalue weighted by Crippen LogP contribution is -1.97. The number of unbranched alkanes of at least 4 members (excludes halogenated alkanes) is 7. The van der Waals surface area contributed by atoms with E-state index in [0.717, 1.165) is 43.1 Å². The Bertz CT molecular complexity index is 912. The molecule has 3 aromatic rings. The Morgan fingerprint density at radius 3 is 1.88 bits per heavy atom. The first-order valence-electron chi connectivity index (χ1n) is 11.7. The molecule has 0 saturated carbocycles. The Morgan fingerprint density at radius 2 is 1.28 bits per heavy atom. The average Bonchev–Trinajstić information content (AvgIpc) is 3.36. The topological polar surface area (TPSA) is 42.2 Å². The summed E-state index contributed by atoms with van der Waals surface area (Å²) in [6.45, 7) is 2.41. The van der Waals surface area contributed by atoms with Gasteiger partial charge in [0.25, 0.3) is 0 Å². The minimum atomic E-state index is 0.684. The van der Waals surface area contributed by atoms with Crippen molar-refractivity contribution in [2.75, 3.05) is 13.2 Å². The van der Waals surface area contributed by atoms with E-state index in [2.05, 4.69) is 35.0 Å². The van der Waals surface area contributed by atoms with Gasteiger partial charge in [0.2, 0.25) is 0 Å². The lowest BCUT2D eigenvalue weighted by molar-refractivity contribution is 0.117. The van der Waals surface area contributed by atoms with Crippen molar-refractivity contribution in [3.05, 3.63) is 76.5 Å². The van der Waals surface area contributed by atoms with Gasteiger partial charge in [-0.3, -0.25) is 0 Å². The molecule has 0 unspecified atom stereocenters. The standard InChI is InChI=1S/C28H33NO2S/c29-21-24-9-11-26(12-10-24)27-13-15-28(16-14-27)31-19-8-6-4-2-1-3-5-7-18-30-22-25-17-20-32-23-25/h9-17,20,23H,1-8,18-19,22H2. The minimum absolute atomic E-state index is 0.684. The average molecular weight is 448 g/mol. The van der Waals surface area contributed by atoms with Gasteiger partial charge >= 0.3 is 0 Å². The first-order chi connectivity index (χ1) is 15.8. The van der Waals surface area contributed by atoms with Crippen molar-refractivity contribution in [1.82, 2.24) is 0 Å². The molecule has 0 aliphatic heterocycles. The number of benzene rings is 2. The van der Waals surface area contributed by atoms with Crippen LogP contribution in [-0.2, 0) is 11.3 Å². The number of hydrogen-bond acceptors (Lipinski definition) is 4. The molecular formula is C28H33NO2S. The molecule has 1 aromatic heterocycles. The van der Waals surface area contributed by atoms with Gasteiger partial charge in [0, 0.05) is 6.61 Å². The molecule has 0 fully saturated rings. The lowest BCUT2D eigenvalue weighted by Gasteiger charge is -2.08. The quantitative estimate of drug-likeness (QED) is 0.222. The van der Waals surface area contributed by atoms with E-state index in [9.17, 15) is 0 Å². The van der Waals surface area contributed by atoms with Gasteiger partial charge in [0.1, 0.15) is 5.75 Å². The number of nitrogens with zero attached hydrogens (tertiary/aromatic N) is 1. The van der Waals surface area contributed by atoms with Crippen LogP contribution in [0.3, 0.4) is 0 Å². The summed E-state index contributed by atoms with van der Waals surface area (Å²) in [4.78, 5) is 0. The fourth-order valence-electron chi connectivity index (χ4n) is 3.60. The van der Waals surface area contributed by atoms with E-state index in [1.807, 2.05) is 36.4 Å². The maximum absolute atomic E-state index is 8.90. The molecule has 3 rings (SSSR count). The molecule has 3 nitrogen and oxygen atoms in total. The van der Waals surface area contributed by atoms with Crippen LogP contribution < -0.4 is 4.74 Å². The molecule has 2 aromatic carbocycles. The molecule has 0 bridgehead atoms. The van der Waals surface area contributed by atoms with Crippen molar-refractivity contribution in [2.24, 2.45) is 0 Å². The summed E-state index contributed by atoms with van der Waals surface area (Å²) in [5, 5.41) is 13.2. The maximum Gasteiger partial charge on any atom is 0.119 e. The molecule has 0 atom stereocenters. The zero-order valence-corrected chi connectivity index (χ0v) is 19.6. The summed E-state index contributed by atoms with van der Waals surface area (Å²) in [6.07, 6.45) is 10.0. The van der Waals surface area contributed by atoms with Gasteiger partial charge in [-0.2, -0.15) is 16.6 Å². The third kappa shape index (κ3) is 8.86. The lowest BCUT2D eigenvalue weighted by atomic mass is 10.0. The van der Waals surface area contributed by atoms with Crippen molar-refractivity contribution in [2.45, 2.75) is 58.0 Å². The van der Waals surface area contributed by atoms with Crippen LogP contribution in [0.5, 0.6) is 5.75 Å². The van der Waals surface area contributed by atoms with Crippen LogP contribution in [0.25, 0.3) is 11.1 Å². The van der Waals surface area contributed by atoms with Crippen molar-refractivity contribution < 1.29 is 9.47 Å². The van der Waals surface area contributed by atoms with Crippen LogP contribution in [0.15, 0.2) is 65.4 Å². The second kappa shape index (κ2) is 14.5. The molecule has 0 aliphatic carbocycles. The van der Waals surface area contributed by atoms with E-state index >= 15 is 0 Å². The fourth-order valence-corrected chi connectivity index (χ4v) is 4.26. The monoisotopic (exact) mass is 447 g/mol. The normalized spacial score (nSPS) is 10.7. The van der Waals surface area contributed by atoms with E-state index < -0.39 is 0 Å². The van der Waals surface area contributed by atoms with E-state index in [1.165, 1.54) is 50.5 Å². The fraction of sp³-hybridized carbons (Fsp3) is 0.393. The van der Waals surface area contributed by atoms with Crippen LogP contribution >= 0.6 is 11.3 Å². The number of nitriles is 1. The molecule has 168 valence electrons. The molecule has 0 spiro atoms. The Hall–Kier alpha value is -2.61. The Kier molecular flexibility index (Phi) is 10.9. The Morgan fingerprint density at radius 1 is 0.688 bits per heavy atom. The highest BCUT2D eigenvalue weighted by molar-refractivity contribution is 7.07. The van der Waals surface area contributed by atoms with Gasteiger partial charge in [-0.1, -0.05) is 62.8 Å². The first kappa shape index (κ1) is 24.0. The highest BCUT2D eigenvalue weighted by Gasteiger charge is 2.00. The number of hydrogen-bond donors (Lipinski definition) is 0. The molecule has 0 saturated heterocycles. The molecule has 0 amide bonds. The first-order valence-corrected chi connectivity index (χ1v) is 12.6. The summed E-state index contributed by atoms with van der Waals surface area (Å²) in [6, 6.07) is 20.1. The summed E-state index contributed by atoms with van der Waals surface area (Å²) >= 11 is 1.73. The van der Waals surface area contributed by atoms with Crippen molar-refractivity contribution in [3.63, 3.8) is 0 Å². The summed E-state index contributed by atoms with van der Waals surface area (Å²) in [7, 11) is 0. The van der Waals surface area contributed by atoms with E-state index in [0.29, 0.717) is 5.56 Å². The Labute approximate surface area is 196 Å². The van der Waals surface area contributed by atoms with E-state index in [-0.39, 0.29) is 0 Å². The van der Waals surface area contributed by atoms with E-state index in [4.69, 9.17) is 14.7 Å². The zero-order valence-electron chi connectivity index (χ0n) is 18.8. The highest BCUT2D eigenvalue weighted by Crippen LogP contribution is 2.23. The van der Waals surface area contributed by atoms with Crippen LogP contribution in [-0.4, -0.2) is 13.2 Å². The summed E-state index contributed by atoms with van der Waals surface area (Å²) in [5.74, 6) is 0.920. The second-order valence-electron chi connectivity index (χ2n) is 8.07. The molecule has 0 radical (unpaired) electrons. The number of ether oxygens (including phenoxy) is 2. The third-order valence-corrected chi connectivity index (χ3v) is 6.23. The molecule has 1 heterocycles. The second-order valence-corrected chi connectivity index (χ2v) is 8.85. The van der Waals surface area contributed by atoms with Crippen molar-refractivity contribution >= 4 is 11.3 Å². The molecule has 4 heteroatoms. The SMILES string of the molecule is N#Cc1ccc(-c2ccc(OCCCCCCCCCCOCc3ccsc3)cc2)cc1. The van der Waals surface area contributed by atoms with Crippen LogP contribution in [0.4, 0.5) is 0 Å². The van der Waals surface area contributed by atoms with Gasteiger partial charge < -0.3 is 9.47 Å². The number of rotatable bonds is 15. The maximum atomic E-state index is 8.90. The predicted molar refractivity (Wildman–Crippen MR) is 133 cm³/mol. The number of thiophene rings is 1. The van der Waals surface area contributed by atoms with Gasteiger partial charge in [0.05, 0.1) is 24.8 Å². The largest absolute Gasteiger partial charge is 0.494 e. The van der Waals surface area contributed by atoms with Crippen molar-refractivity contribution in [3.8, 4) is 22.9 Å².